The van der Waals surface area contributed by atoms with Crippen molar-refractivity contribution in [3.8, 4) is 0 Å². The van der Waals surface area contributed by atoms with Gasteiger partial charge in [-0.05, 0) is 30.4 Å². The van der Waals surface area contributed by atoms with Gasteiger partial charge in [-0.3, -0.25) is 0 Å². The average Bonchev–Trinajstić information content (AvgIpc) is 2.62. The number of benzene rings is 1. The third kappa shape index (κ3) is 2.99. The van der Waals surface area contributed by atoms with Crippen molar-refractivity contribution < 1.29 is 8.42 Å². The Balaban J connectivity index is 2.18. The molecule has 1 aromatic carbocycles. The number of nitrogens with two attached hydrogens (primary N) is 1. The van der Waals surface area contributed by atoms with Gasteiger partial charge >= 0.3 is 0 Å². The molecule has 1 atom stereocenters. The van der Waals surface area contributed by atoms with Gasteiger partial charge in [-0.25, -0.2) is 12.7 Å². The van der Waals surface area contributed by atoms with Gasteiger partial charge in [0.2, 0.25) is 10.0 Å². The van der Waals surface area contributed by atoms with E-state index in [1.165, 1.54) is 11.1 Å². The quantitative estimate of drug-likeness (QED) is 0.901. The summed E-state index contributed by atoms with van der Waals surface area (Å²) in [5, 5.41) is -0.450. The van der Waals surface area contributed by atoms with Crippen LogP contribution in [-0.2, 0) is 22.9 Å². The van der Waals surface area contributed by atoms with E-state index in [1.807, 2.05) is 19.1 Å². The van der Waals surface area contributed by atoms with Crippen molar-refractivity contribution in [1.82, 2.24) is 4.31 Å². The molecule has 1 aliphatic rings. The largest absolute Gasteiger partial charge is 0.329 e. The number of nitrogens with zero attached hydrogens (tertiary/aromatic N) is 1. The van der Waals surface area contributed by atoms with Gasteiger partial charge in [-0.1, -0.05) is 31.2 Å². The van der Waals surface area contributed by atoms with Crippen molar-refractivity contribution in [3.63, 3.8) is 0 Å². The van der Waals surface area contributed by atoms with Crippen LogP contribution in [0.2, 0.25) is 0 Å². The summed E-state index contributed by atoms with van der Waals surface area (Å²) in [5.74, 6) is 0. The molecule has 0 aliphatic carbocycles. The highest BCUT2D eigenvalue weighted by molar-refractivity contribution is 7.89. The van der Waals surface area contributed by atoms with Crippen molar-refractivity contribution >= 4 is 10.0 Å². The first kappa shape index (κ1) is 14.5. The first-order valence-electron chi connectivity index (χ1n) is 6.85. The van der Waals surface area contributed by atoms with E-state index in [1.54, 1.807) is 4.31 Å². The molecule has 0 spiro atoms. The molecular weight excluding hydrogens is 260 g/mol. The molecule has 0 fully saturated rings. The molecule has 1 aliphatic heterocycles. The third-order valence-corrected chi connectivity index (χ3v) is 6.33. The average molecular weight is 282 g/mol. The molecule has 1 heterocycles. The standard InChI is InChI=1S/C14H22N2O2S/c1-2-14(11-15)19(17,18)16-9-7-12-5-3-4-6-13(12)8-10-16/h3-6,14H,2,7-11,15H2,1H3. The fourth-order valence-electron chi connectivity index (χ4n) is 2.61. The predicted molar refractivity (Wildman–Crippen MR) is 77.5 cm³/mol. The van der Waals surface area contributed by atoms with Gasteiger partial charge in [-0.15, -0.1) is 0 Å². The van der Waals surface area contributed by atoms with E-state index in [4.69, 9.17) is 5.73 Å². The zero-order valence-electron chi connectivity index (χ0n) is 11.4. The molecule has 2 rings (SSSR count). The summed E-state index contributed by atoms with van der Waals surface area (Å²) >= 11 is 0. The Bertz CT molecular complexity index is 497. The van der Waals surface area contributed by atoms with Gasteiger partial charge in [0.1, 0.15) is 0 Å². The summed E-state index contributed by atoms with van der Waals surface area (Å²) < 4.78 is 26.6. The van der Waals surface area contributed by atoms with Gasteiger partial charge < -0.3 is 5.73 Å². The second kappa shape index (κ2) is 6.03. The Labute approximate surface area is 115 Å². The summed E-state index contributed by atoms with van der Waals surface area (Å²) in [6.45, 7) is 3.20. The highest BCUT2D eigenvalue weighted by Crippen LogP contribution is 2.20. The summed E-state index contributed by atoms with van der Waals surface area (Å²) in [6, 6.07) is 8.20. The predicted octanol–water partition coefficient (Wildman–Crippen LogP) is 1.15. The van der Waals surface area contributed by atoms with E-state index in [0.717, 1.165) is 12.8 Å². The molecule has 0 radical (unpaired) electrons. The molecule has 19 heavy (non-hydrogen) atoms. The monoisotopic (exact) mass is 282 g/mol. The maximum Gasteiger partial charge on any atom is 0.218 e. The Morgan fingerprint density at radius 2 is 1.74 bits per heavy atom. The van der Waals surface area contributed by atoms with Crippen LogP contribution in [0, 0.1) is 0 Å². The van der Waals surface area contributed by atoms with Crippen LogP contribution >= 0.6 is 0 Å². The SMILES string of the molecule is CCC(CN)S(=O)(=O)N1CCc2ccccc2CC1. The van der Waals surface area contributed by atoms with Gasteiger partial charge in [-0.2, -0.15) is 0 Å². The Morgan fingerprint density at radius 1 is 1.21 bits per heavy atom. The molecule has 2 N–H and O–H groups in total. The van der Waals surface area contributed by atoms with Crippen LogP contribution in [0.3, 0.4) is 0 Å². The summed E-state index contributed by atoms with van der Waals surface area (Å²) in [4.78, 5) is 0. The van der Waals surface area contributed by atoms with Gasteiger partial charge in [0.15, 0.2) is 0 Å². The lowest BCUT2D eigenvalue weighted by molar-refractivity contribution is 0.416. The lowest BCUT2D eigenvalue weighted by Gasteiger charge is -2.24. The van der Waals surface area contributed by atoms with E-state index in [2.05, 4.69) is 12.1 Å². The molecular formula is C14H22N2O2S. The highest BCUT2D eigenvalue weighted by atomic mass is 32.2. The maximum absolute atomic E-state index is 12.5. The molecule has 0 amide bonds. The van der Waals surface area contributed by atoms with E-state index < -0.39 is 15.3 Å². The van der Waals surface area contributed by atoms with Crippen molar-refractivity contribution in [2.75, 3.05) is 19.6 Å². The molecule has 5 heteroatoms. The minimum Gasteiger partial charge on any atom is -0.329 e. The van der Waals surface area contributed by atoms with E-state index in [0.29, 0.717) is 19.5 Å². The lowest BCUT2D eigenvalue weighted by Crippen LogP contribution is -2.43. The third-order valence-electron chi connectivity index (χ3n) is 3.88. The minimum absolute atomic E-state index is 0.197. The summed E-state index contributed by atoms with van der Waals surface area (Å²) in [6.07, 6.45) is 2.15. The first-order valence-corrected chi connectivity index (χ1v) is 8.35. The van der Waals surface area contributed by atoms with E-state index >= 15 is 0 Å². The molecule has 1 unspecified atom stereocenters. The van der Waals surface area contributed by atoms with Crippen LogP contribution in [0.1, 0.15) is 24.5 Å². The van der Waals surface area contributed by atoms with Crippen molar-refractivity contribution in [2.24, 2.45) is 5.73 Å². The maximum atomic E-state index is 12.5. The molecule has 0 saturated carbocycles. The molecule has 1 aromatic rings. The van der Waals surface area contributed by atoms with Crippen molar-refractivity contribution in [3.05, 3.63) is 35.4 Å². The zero-order chi connectivity index (χ0) is 13.9. The Kier molecular flexibility index (Phi) is 4.60. The topological polar surface area (TPSA) is 63.4 Å². The Hall–Kier alpha value is -0.910. The number of rotatable bonds is 4. The fourth-order valence-corrected chi connectivity index (χ4v) is 4.39. The van der Waals surface area contributed by atoms with E-state index in [-0.39, 0.29) is 6.54 Å². The van der Waals surface area contributed by atoms with Gasteiger partial charge in [0.05, 0.1) is 5.25 Å². The van der Waals surface area contributed by atoms with Crippen LogP contribution < -0.4 is 5.73 Å². The van der Waals surface area contributed by atoms with Crippen LogP contribution in [-0.4, -0.2) is 37.6 Å². The summed E-state index contributed by atoms with van der Waals surface area (Å²) in [5.41, 5.74) is 8.12. The second-order valence-corrected chi connectivity index (χ2v) is 7.19. The highest BCUT2D eigenvalue weighted by Gasteiger charge is 2.30. The number of sulfonamides is 1. The van der Waals surface area contributed by atoms with Crippen molar-refractivity contribution in [2.45, 2.75) is 31.4 Å². The second-order valence-electron chi connectivity index (χ2n) is 4.98. The zero-order valence-corrected chi connectivity index (χ0v) is 12.2. The molecule has 4 nitrogen and oxygen atoms in total. The minimum atomic E-state index is -3.26. The van der Waals surface area contributed by atoms with E-state index in [9.17, 15) is 8.42 Å². The van der Waals surface area contributed by atoms with Crippen LogP contribution in [0.15, 0.2) is 24.3 Å². The first-order chi connectivity index (χ1) is 9.09. The van der Waals surface area contributed by atoms with Gasteiger partial charge in [0, 0.05) is 19.6 Å². The number of hydrogen-bond acceptors (Lipinski definition) is 3. The summed E-state index contributed by atoms with van der Waals surface area (Å²) in [7, 11) is -3.26. The molecule has 0 saturated heterocycles. The molecule has 106 valence electrons. The Morgan fingerprint density at radius 3 is 2.16 bits per heavy atom. The van der Waals surface area contributed by atoms with Gasteiger partial charge in [0.25, 0.3) is 0 Å². The van der Waals surface area contributed by atoms with Crippen LogP contribution in [0.25, 0.3) is 0 Å². The van der Waals surface area contributed by atoms with Crippen molar-refractivity contribution in [1.29, 1.82) is 0 Å². The molecule has 0 bridgehead atoms. The number of hydrogen-bond donors (Lipinski definition) is 1. The lowest BCUT2D eigenvalue weighted by atomic mass is 10.0. The molecule has 0 aromatic heterocycles. The fraction of sp³-hybridized carbons (Fsp3) is 0.571. The van der Waals surface area contributed by atoms with Crippen LogP contribution in [0.5, 0.6) is 0 Å². The van der Waals surface area contributed by atoms with Crippen LogP contribution in [0.4, 0.5) is 0 Å². The smallest absolute Gasteiger partial charge is 0.218 e. The normalized spacial score (nSPS) is 18.6. The number of fused-ring (bicyclic) bond motifs is 1.